The number of rotatable bonds is 11. The molecule has 18 nitrogen and oxygen atoms in total. The van der Waals surface area contributed by atoms with Gasteiger partial charge in [0.05, 0.1) is 18.4 Å². The molecule has 0 aliphatic carbocycles. The van der Waals surface area contributed by atoms with Gasteiger partial charge in [0.1, 0.15) is 11.9 Å². The Morgan fingerprint density at radius 2 is 1.67 bits per heavy atom. The van der Waals surface area contributed by atoms with Crippen molar-refractivity contribution in [3.05, 3.63) is 53.7 Å². The summed E-state index contributed by atoms with van der Waals surface area (Å²) in [6, 6.07) is 8.11. The third kappa shape index (κ3) is 8.71. The Morgan fingerprint density at radius 3 is 2.38 bits per heavy atom. The molecule has 0 radical (unpaired) electrons. The number of nitrogens with one attached hydrogen (secondary N) is 3. The van der Waals surface area contributed by atoms with Gasteiger partial charge in [-0.3, -0.25) is 24.5 Å². The molecule has 6 amide bonds. The highest BCUT2D eigenvalue weighted by Gasteiger charge is 2.35. The predicted molar refractivity (Wildman–Crippen MR) is 214 cm³/mol. The number of hydrogen-bond donors (Lipinski definition) is 4. The number of urea groups is 1. The summed E-state index contributed by atoms with van der Waals surface area (Å²) in [7, 11) is 1.83. The van der Waals surface area contributed by atoms with E-state index >= 15 is 0 Å². The first-order valence-electron chi connectivity index (χ1n) is 20.5. The lowest BCUT2D eigenvalue weighted by Crippen LogP contribution is -2.52. The zero-order chi connectivity index (χ0) is 40.3. The molecule has 5 aliphatic rings. The summed E-state index contributed by atoms with van der Waals surface area (Å²) in [5.74, 6) is -0.0128. The van der Waals surface area contributed by atoms with Crippen LogP contribution in [0, 0.1) is 5.92 Å². The normalized spacial score (nSPS) is 22.7. The number of amides is 6. The second-order valence-electron chi connectivity index (χ2n) is 16.2. The van der Waals surface area contributed by atoms with Crippen molar-refractivity contribution in [2.45, 2.75) is 69.4 Å². The maximum atomic E-state index is 12.7. The minimum atomic E-state index is -0.773. The van der Waals surface area contributed by atoms with Crippen LogP contribution in [0.3, 0.4) is 0 Å². The summed E-state index contributed by atoms with van der Waals surface area (Å²) in [5.41, 5.74) is 7.86. The van der Waals surface area contributed by atoms with E-state index in [0.29, 0.717) is 36.0 Å². The van der Waals surface area contributed by atoms with Crippen molar-refractivity contribution in [1.82, 2.24) is 40.3 Å². The number of hydrogen-bond acceptors (Lipinski definition) is 13. The number of benzene rings is 1. The number of oxazole rings is 1. The number of carbonyl (C=O) groups is 5. The van der Waals surface area contributed by atoms with Crippen molar-refractivity contribution in [3.63, 3.8) is 0 Å². The topological polar surface area (TPSA) is 215 Å². The zero-order valence-corrected chi connectivity index (χ0v) is 32.9. The summed E-state index contributed by atoms with van der Waals surface area (Å²) in [6.07, 6.45) is 9.41. The molecule has 5 saturated heterocycles. The minimum Gasteiger partial charge on any atom is -0.418 e. The van der Waals surface area contributed by atoms with Crippen LogP contribution in [0.2, 0.25) is 0 Å². The number of likely N-dealkylation sites (tertiary alicyclic amines) is 1. The van der Waals surface area contributed by atoms with Gasteiger partial charge >= 0.3 is 6.03 Å². The van der Waals surface area contributed by atoms with E-state index in [-0.39, 0.29) is 42.3 Å². The number of primary amides is 1. The van der Waals surface area contributed by atoms with E-state index in [1.165, 1.54) is 11.8 Å². The lowest BCUT2D eigenvalue weighted by atomic mass is 9.88. The van der Waals surface area contributed by atoms with E-state index < -0.39 is 23.8 Å². The highest BCUT2D eigenvalue weighted by molar-refractivity contribution is 6.03. The third-order valence-electron chi connectivity index (χ3n) is 12.3. The van der Waals surface area contributed by atoms with Gasteiger partial charge < -0.3 is 45.3 Å². The fraction of sp³-hybridized carbons (Fsp3) is 0.550. The number of nitrogens with two attached hydrogens (primary N) is 1. The fourth-order valence-corrected chi connectivity index (χ4v) is 8.90. The first kappa shape index (κ1) is 39.1. The van der Waals surface area contributed by atoms with Gasteiger partial charge in [0.2, 0.25) is 17.6 Å². The quantitative estimate of drug-likeness (QED) is 0.205. The monoisotopic (exact) mass is 796 g/mol. The molecule has 0 bridgehead atoms. The Hall–Kier alpha value is -5.78. The average Bonchev–Trinajstić information content (AvgIpc) is 3.86. The molecular formula is C40H52N12O6. The van der Waals surface area contributed by atoms with Crippen LogP contribution in [0.5, 0.6) is 0 Å². The average molecular weight is 797 g/mol. The predicted octanol–water partition coefficient (Wildman–Crippen LogP) is 2.27. The number of imide groups is 1. The summed E-state index contributed by atoms with van der Waals surface area (Å²) in [6.45, 7) is 7.56. The SMILES string of the molecule is CN1CCN([C@@H]2CCCN(c3cnc(C(N)=O)c(Nc4ccc(C5CCN(CC6CCN(c7ncc(C(=O)NC8CCC(=O)NC8=O)o7)CC6)CC5)cc4)n3)C2)C1=O. The lowest BCUT2D eigenvalue weighted by Gasteiger charge is -2.37. The molecule has 58 heavy (non-hydrogen) atoms. The van der Waals surface area contributed by atoms with Gasteiger partial charge in [-0.05, 0) is 87.6 Å². The van der Waals surface area contributed by atoms with E-state index in [0.717, 1.165) is 96.6 Å². The molecule has 1 unspecified atom stereocenters. The molecule has 2 atom stereocenters. The molecule has 5 fully saturated rings. The van der Waals surface area contributed by atoms with Gasteiger partial charge in [-0.2, -0.15) is 0 Å². The summed E-state index contributed by atoms with van der Waals surface area (Å²) in [5, 5.41) is 8.17. The lowest BCUT2D eigenvalue weighted by molar-refractivity contribution is -0.134. The minimum absolute atomic E-state index is 0.0425. The van der Waals surface area contributed by atoms with Crippen molar-refractivity contribution >= 4 is 53.0 Å². The largest absolute Gasteiger partial charge is 0.418 e. The van der Waals surface area contributed by atoms with Crippen molar-refractivity contribution in [2.75, 3.05) is 81.1 Å². The first-order chi connectivity index (χ1) is 28.1. The van der Waals surface area contributed by atoms with E-state index in [4.69, 9.17) is 15.1 Å². The van der Waals surface area contributed by atoms with Crippen LogP contribution in [0.1, 0.15) is 83.9 Å². The zero-order valence-electron chi connectivity index (χ0n) is 32.9. The van der Waals surface area contributed by atoms with Crippen LogP contribution < -0.4 is 31.5 Å². The fourth-order valence-electron chi connectivity index (χ4n) is 8.90. The maximum Gasteiger partial charge on any atom is 0.320 e. The van der Waals surface area contributed by atoms with Crippen LogP contribution >= 0.6 is 0 Å². The summed E-state index contributed by atoms with van der Waals surface area (Å²) >= 11 is 0. The molecule has 0 spiro atoms. The Kier molecular flexibility index (Phi) is 11.4. The number of likely N-dealkylation sites (N-methyl/N-ethyl adjacent to an activating group) is 1. The van der Waals surface area contributed by atoms with Crippen molar-refractivity contribution < 1.29 is 28.4 Å². The molecule has 3 aromatic rings. The molecule has 2 aromatic heterocycles. The first-order valence-corrected chi connectivity index (χ1v) is 20.5. The molecule has 8 rings (SSSR count). The number of aromatic nitrogens is 3. The van der Waals surface area contributed by atoms with Crippen LogP contribution in [0.15, 0.2) is 41.1 Å². The molecular weight excluding hydrogens is 745 g/mol. The Balaban J connectivity index is 0.794. The van der Waals surface area contributed by atoms with Crippen LogP contribution in [-0.2, 0) is 9.59 Å². The molecule has 5 aliphatic heterocycles. The smallest absolute Gasteiger partial charge is 0.320 e. The van der Waals surface area contributed by atoms with E-state index in [1.807, 2.05) is 24.1 Å². The highest BCUT2D eigenvalue weighted by atomic mass is 16.4. The van der Waals surface area contributed by atoms with Gasteiger partial charge in [-0.15, -0.1) is 0 Å². The van der Waals surface area contributed by atoms with Crippen molar-refractivity contribution in [2.24, 2.45) is 11.7 Å². The number of nitrogens with zero attached hydrogens (tertiary/aromatic N) is 8. The van der Waals surface area contributed by atoms with Gasteiger partial charge in [0.15, 0.2) is 11.5 Å². The molecule has 18 heteroatoms. The standard InChI is InChI=1S/C40H52N12O6/c1-48-19-20-52(40(48)57)29-3-2-14-51(24-29)32-22-42-34(35(41)54)36(46-32)44-28-6-4-26(5-7-28)27-12-15-49(16-13-27)23-25-10-17-50(18-11-25)39-43-21-31(58-39)38(56)45-30-8-9-33(53)47-37(30)55/h4-7,21-22,25,27,29-30H,2-3,8-20,23-24H2,1H3,(H2,41,54)(H,44,46)(H,45,56)(H,47,53,55)/t29-,30?/m1/s1. The van der Waals surface area contributed by atoms with E-state index in [2.05, 4.69) is 52.8 Å². The Bertz CT molecular complexity index is 2010. The number of carbonyl (C=O) groups excluding carboxylic acids is 5. The highest BCUT2D eigenvalue weighted by Crippen LogP contribution is 2.32. The second-order valence-corrected chi connectivity index (χ2v) is 16.2. The van der Waals surface area contributed by atoms with Crippen molar-refractivity contribution in [3.8, 4) is 0 Å². The van der Waals surface area contributed by atoms with E-state index in [9.17, 15) is 24.0 Å². The summed E-state index contributed by atoms with van der Waals surface area (Å²) < 4.78 is 5.78. The Labute approximate surface area is 336 Å². The van der Waals surface area contributed by atoms with Gasteiger partial charge in [-0.1, -0.05) is 12.1 Å². The van der Waals surface area contributed by atoms with Gasteiger partial charge in [0, 0.05) is 65.0 Å². The molecule has 1 aromatic carbocycles. The molecule has 308 valence electrons. The van der Waals surface area contributed by atoms with Gasteiger partial charge in [0.25, 0.3) is 17.8 Å². The van der Waals surface area contributed by atoms with Gasteiger partial charge in [-0.25, -0.2) is 19.7 Å². The molecule has 5 N–H and O–H groups in total. The van der Waals surface area contributed by atoms with Crippen LogP contribution in [-0.4, -0.2) is 137 Å². The number of anilines is 4. The Morgan fingerprint density at radius 1 is 0.897 bits per heavy atom. The number of piperidine rings is 4. The molecule has 7 heterocycles. The van der Waals surface area contributed by atoms with Crippen LogP contribution in [0.4, 0.5) is 28.1 Å². The maximum absolute atomic E-state index is 12.7. The van der Waals surface area contributed by atoms with Crippen LogP contribution in [0.25, 0.3) is 0 Å². The molecule has 0 saturated carbocycles. The third-order valence-corrected chi connectivity index (χ3v) is 12.3. The van der Waals surface area contributed by atoms with Crippen molar-refractivity contribution in [1.29, 1.82) is 0 Å². The van der Waals surface area contributed by atoms with E-state index in [1.54, 1.807) is 11.1 Å². The summed E-state index contributed by atoms with van der Waals surface area (Å²) in [4.78, 5) is 85.1. The second kappa shape index (κ2) is 17.0.